The van der Waals surface area contributed by atoms with Crippen LogP contribution in [0.4, 0.5) is 0 Å². The number of benzene rings is 2. The topological polar surface area (TPSA) is 89.6 Å². The summed E-state index contributed by atoms with van der Waals surface area (Å²) in [6.45, 7) is 2.97. The molecule has 0 aliphatic carbocycles. The summed E-state index contributed by atoms with van der Waals surface area (Å²) in [5.41, 5.74) is 1.58. The van der Waals surface area contributed by atoms with Gasteiger partial charge in [0.2, 0.25) is 5.78 Å². The normalized spacial score (nSPS) is 13.4. The Balaban J connectivity index is 1.43. The third-order valence-electron chi connectivity index (χ3n) is 5.89. The van der Waals surface area contributed by atoms with Crippen molar-refractivity contribution in [2.24, 2.45) is 0 Å². The second-order valence-electron chi connectivity index (χ2n) is 7.96. The fourth-order valence-electron chi connectivity index (χ4n) is 4.22. The van der Waals surface area contributed by atoms with Gasteiger partial charge in [-0.05, 0) is 30.7 Å². The van der Waals surface area contributed by atoms with Gasteiger partial charge in [0, 0.05) is 18.8 Å². The lowest BCUT2D eigenvalue weighted by Gasteiger charge is -2.13. The van der Waals surface area contributed by atoms with Crippen molar-refractivity contribution in [2.45, 2.75) is 37.9 Å². The Morgan fingerprint density at radius 3 is 2.27 bits per heavy atom. The van der Waals surface area contributed by atoms with E-state index in [2.05, 4.69) is 17.1 Å². The van der Waals surface area contributed by atoms with Crippen molar-refractivity contribution in [3.05, 3.63) is 70.0 Å². The fourth-order valence-corrected chi connectivity index (χ4v) is 5.08. The van der Waals surface area contributed by atoms with Crippen LogP contribution in [0.15, 0.2) is 58.5 Å². The predicted molar refractivity (Wildman–Crippen MR) is 127 cm³/mol. The lowest BCUT2D eigenvalue weighted by atomic mass is 10.1. The average molecular weight is 462 g/mol. The minimum Gasteiger partial charge on any atom is -0.276 e. The molecular formula is C24H23N5O3S. The Morgan fingerprint density at radius 2 is 1.55 bits per heavy atom. The molecule has 168 valence electrons. The largest absolute Gasteiger partial charge is 0.276 e. The van der Waals surface area contributed by atoms with E-state index in [1.807, 2.05) is 28.7 Å². The van der Waals surface area contributed by atoms with E-state index in [9.17, 15) is 14.4 Å². The molecule has 9 heteroatoms. The second-order valence-corrected chi connectivity index (χ2v) is 9.02. The van der Waals surface area contributed by atoms with Crippen LogP contribution >= 0.6 is 11.8 Å². The Hall–Kier alpha value is -3.46. The lowest BCUT2D eigenvalue weighted by Crippen LogP contribution is -2.31. The minimum absolute atomic E-state index is 0.0656. The van der Waals surface area contributed by atoms with Crippen molar-refractivity contribution >= 4 is 40.3 Å². The molecule has 0 atom stereocenters. The minimum atomic E-state index is -0.266. The number of hydrogen-bond acceptors (Lipinski definition) is 6. The summed E-state index contributed by atoms with van der Waals surface area (Å²) in [4.78, 5) is 39.6. The van der Waals surface area contributed by atoms with Crippen molar-refractivity contribution < 1.29 is 9.59 Å². The Bertz CT molecular complexity index is 1410. The first-order valence-corrected chi connectivity index (χ1v) is 12.0. The number of aromatic nitrogens is 4. The maximum Gasteiger partial charge on any atom is 0.262 e. The zero-order valence-electron chi connectivity index (χ0n) is 18.2. The van der Waals surface area contributed by atoms with Gasteiger partial charge in [0.15, 0.2) is 5.16 Å². The molecule has 4 aromatic rings. The van der Waals surface area contributed by atoms with E-state index in [1.54, 1.807) is 28.8 Å². The highest BCUT2D eigenvalue weighted by atomic mass is 32.2. The summed E-state index contributed by atoms with van der Waals surface area (Å²) >= 11 is 1.41. The summed E-state index contributed by atoms with van der Waals surface area (Å²) in [7, 11) is 0. The van der Waals surface area contributed by atoms with Gasteiger partial charge in [-0.1, -0.05) is 55.8 Å². The monoisotopic (exact) mass is 461 g/mol. The van der Waals surface area contributed by atoms with Gasteiger partial charge < -0.3 is 0 Å². The number of imide groups is 1. The van der Waals surface area contributed by atoms with Gasteiger partial charge >= 0.3 is 0 Å². The molecule has 3 heterocycles. The van der Waals surface area contributed by atoms with Crippen LogP contribution in [0.5, 0.6) is 0 Å². The van der Waals surface area contributed by atoms with Gasteiger partial charge in [-0.25, -0.2) is 0 Å². The number of carbonyl (C=O) groups is 2. The van der Waals surface area contributed by atoms with Crippen LogP contribution in [-0.2, 0) is 6.54 Å². The summed E-state index contributed by atoms with van der Waals surface area (Å²) in [5.74, 6) is 0.447. The molecule has 2 amide bonds. The standard InChI is InChI=1S/C24H23N5O3S/c1-2-3-8-13-28-22(32)18-11-6-7-12-19(18)29-23(28)25-26-24(29)33-15-14-27-20(30)16-9-4-5-10-17(16)21(27)31/h4-7,9-12H,2-3,8,13-15H2,1H3. The summed E-state index contributed by atoms with van der Waals surface area (Å²) in [5, 5.41) is 9.91. The predicted octanol–water partition coefficient (Wildman–Crippen LogP) is 3.62. The molecule has 2 aromatic carbocycles. The molecule has 33 heavy (non-hydrogen) atoms. The molecule has 8 nitrogen and oxygen atoms in total. The molecule has 5 rings (SSSR count). The quantitative estimate of drug-likeness (QED) is 0.226. The Kier molecular flexibility index (Phi) is 5.72. The molecule has 0 N–H and O–H groups in total. The van der Waals surface area contributed by atoms with Crippen molar-refractivity contribution in [1.29, 1.82) is 0 Å². The molecule has 2 aromatic heterocycles. The second kappa shape index (κ2) is 8.82. The molecule has 1 aliphatic heterocycles. The molecule has 0 saturated heterocycles. The van der Waals surface area contributed by atoms with Crippen LogP contribution in [0.1, 0.15) is 46.9 Å². The molecular weight excluding hydrogens is 438 g/mol. The molecule has 0 bridgehead atoms. The van der Waals surface area contributed by atoms with E-state index >= 15 is 0 Å². The van der Waals surface area contributed by atoms with E-state index in [-0.39, 0.29) is 23.9 Å². The summed E-state index contributed by atoms with van der Waals surface area (Å²) < 4.78 is 3.59. The Labute approximate surface area is 194 Å². The van der Waals surface area contributed by atoms with E-state index in [0.717, 1.165) is 24.8 Å². The molecule has 0 unspecified atom stereocenters. The third kappa shape index (κ3) is 3.62. The molecule has 0 fully saturated rings. The lowest BCUT2D eigenvalue weighted by molar-refractivity contribution is 0.0664. The average Bonchev–Trinajstić information content (AvgIpc) is 3.36. The van der Waals surface area contributed by atoms with Crippen LogP contribution in [0.25, 0.3) is 16.7 Å². The van der Waals surface area contributed by atoms with Crippen LogP contribution in [-0.4, -0.2) is 48.2 Å². The van der Waals surface area contributed by atoms with Gasteiger partial charge in [0.1, 0.15) is 0 Å². The first-order valence-electron chi connectivity index (χ1n) is 11.1. The first kappa shape index (κ1) is 21.4. The number of fused-ring (bicyclic) bond motifs is 4. The number of unbranched alkanes of at least 4 members (excludes halogenated alkanes) is 2. The zero-order chi connectivity index (χ0) is 22.9. The first-order chi connectivity index (χ1) is 16.1. The van der Waals surface area contributed by atoms with E-state index in [0.29, 0.717) is 39.7 Å². The highest BCUT2D eigenvalue weighted by Gasteiger charge is 2.34. The number of hydrogen-bond donors (Lipinski definition) is 0. The van der Waals surface area contributed by atoms with Gasteiger partial charge in [-0.15, -0.1) is 10.2 Å². The van der Waals surface area contributed by atoms with Gasteiger partial charge in [-0.3, -0.25) is 28.3 Å². The number of carbonyl (C=O) groups excluding carboxylic acids is 2. The van der Waals surface area contributed by atoms with Crippen molar-refractivity contribution in [2.75, 3.05) is 12.3 Å². The van der Waals surface area contributed by atoms with E-state index < -0.39 is 0 Å². The summed E-state index contributed by atoms with van der Waals surface area (Å²) in [6.07, 6.45) is 2.98. The van der Waals surface area contributed by atoms with Gasteiger partial charge in [0.05, 0.1) is 22.0 Å². The molecule has 1 aliphatic rings. The number of thioether (sulfide) groups is 1. The highest BCUT2D eigenvalue weighted by Crippen LogP contribution is 2.25. The molecule has 0 saturated carbocycles. The van der Waals surface area contributed by atoms with Crippen LogP contribution in [0.2, 0.25) is 0 Å². The number of para-hydroxylation sites is 1. The fraction of sp³-hybridized carbons (Fsp3) is 0.292. The number of nitrogens with zero attached hydrogens (tertiary/aromatic N) is 5. The summed E-state index contributed by atoms with van der Waals surface area (Å²) in [6, 6.07) is 14.3. The maximum absolute atomic E-state index is 13.1. The smallest absolute Gasteiger partial charge is 0.262 e. The maximum atomic E-state index is 13.1. The van der Waals surface area contributed by atoms with Crippen LogP contribution in [0.3, 0.4) is 0 Å². The molecule has 0 spiro atoms. The van der Waals surface area contributed by atoms with Gasteiger partial charge in [0.25, 0.3) is 17.4 Å². The SMILES string of the molecule is CCCCCn1c(=O)c2ccccc2n2c(SCCN3C(=O)c4ccccc4C3=O)nnc12. The number of rotatable bonds is 8. The van der Waals surface area contributed by atoms with E-state index in [4.69, 9.17) is 0 Å². The van der Waals surface area contributed by atoms with Gasteiger partial charge in [-0.2, -0.15) is 0 Å². The zero-order valence-corrected chi connectivity index (χ0v) is 19.0. The third-order valence-corrected chi connectivity index (χ3v) is 6.80. The van der Waals surface area contributed by atoms with Crippen LogP contribution < -0.4 is 5.56 Å². The number of amides is 2. The molecule has 0 radical (unpaired) electrons. The highest BCUT2D eigenvalue weighted by molar-refractivity contribution is 7.99. The van der Waals surface area contributed by atoms with Crippen molar-refractivity contribution in [3.63, 3.8) is 0 Å². The van der Waals surface area contributed by atoms with E-state index in [1.165, 1.54) is 16.7 Å². The Morgan fingerprint density at radius 1 is 0.848 bits per heavy atom. The number of aryl methyl sites for hydroxylation is 1. The van der Waals surface area contributed by atoms with Crippen molar-refractivity contribution in [1.82, 2.24) is 24.1 Å². The van der Waals surface area contributed by atoms with Crippen LogP contribution in [0, 0.1) is 0 Å². The van der Waals surface area contributed by atoms with Crippen molar-refractivity contribution in [3.8, 4) is 0 Å².